The Hall–Kier alpha value is -1.91. The predicted octanol–water partition coefficient (Wildman–Crippen LogP) is 1.55. The number of rotatable bonds is 3. The Kier molecular flexibility index (Phi) is 3.66. The van der Waals surface area contributed by atoms with E-state index in [0.717, 1.165) is 10.2 Å². The second-order valence-electron chi connectivity index (χ2n) is 5.27. The van der Waals surface area contributed by atoms with E-state index >= 15 is 0 Å². The van der Waals surface area contributed by atoms with Gasteiger partial charge in [0.1, 0.15) is 11.7 Å². The third-order valence-corrected chi connectivity index (χ3v) is 4.17. The van der Waals surface area contributed by atoms with E-state index in [1.807, 2.05) is 17.0 Å². The highest BCUT2D eigenvalue weighted by Gasteiger charge is 2.37. The van der Waals surface area contributed by atoms with E-state index in [4.69, 9.17) is 0 Å². The molecule has 1 unspecified atom stereocenters. The van der Waals surface area contributed by atoms with Crippen molar-refractivity contribution in [3.63, 3.8) is 0 Å². The maximum absolute atomic E-state index is 10.7. The number of β-amino-alcohol motifs (C(OH)–C–C–N with tert-alkyl or cyclic N) is 1. The third kappa shape index (κ3) is 2.91. The van der Waals surface area contributed by atoms with Crippen LogP contribution in [0, 0.1) is 11.3 Å². The Morgan fingerprint density at radius 3 is 3.05 bits per heavy atom. The molecule has 1 aromatic heterocycles. The SMILES string of the molecule is N#Cc1cc(Br)ccc1N1CCC(O)(Cn2ccnn2)C1. The molecular weight excluding hydrogens is 334 g/mol. The molecule has 1 fully saturated rings. The van der Waals surface area contributed by atoms with Crippen molar-refractivity contribution < 1.29 is 5.11 Å². The van der Waals surface area contributed by atoms with E-state index in [-0.39, 0.29) is 0 Å². The van der Waals surface area contributed by atoms with E-state index in [9.17, 15) is 10.4 Å². The summed E-state index contributed by atoms with van der Waals surface area (Å²) in [7, 11) is 0. The highest BCUT2D eigenvalue weighted by Crippen LogP contribution is 2.31. The van der Waals surface area contributed by atoms with Crippen molar-refractivity contribution in [3.8, 4) is 6.07 Å². The first-order valence-corrected chi connectivity index (χ1v) is 7.40. The summed E-state index contributed by atoms with van der Waals surface area (Å²) in [6.07, 6.45) is 3.97. The number of hydrogen-bond acceptors (Lipinski definition) is 5. The van der Waals surface area contributed by atoms with Gasteiger partial charge >= 0.3 is 0 Å². The van der Waals surface area contributed by atoms with Crippen LogP contribution in [0.3, 0.4) is 0 Å². The Bertz CT molecular complexity index is 681. The molecule has 1 aliphatic heterocycles. The molecule has 1 atom stereocenters. The van der Waals surface area contributed by atoms with Crippen molar-refractivity contribution in [1.82, 2.24) is 15.0 Å². The topological polar surface area (TPSA) is 78.0 Å². The first-order chi connectivity index (χ1) is 10.1. The van der Waals surface area contributed by atoms with Crippen LogP contribution in [-0.4, -0.2) is 38.8 Å². The Labute approximate surface area is 130 Å². The van der Waals surface area contributed by atoms with Crippen molar-refractivity contribution in [2.75, 3.05) is 18.0 Å². The highest BCUT2D eigenvalue weighted by molar-refractivity contribution is 9.10. The molecule has 7 heteroatoms. The van der Waals surface area contributed by atoms with Gasteiger partial charge in [0.05, 0.1) is 24.0 Å². The first kappa shape index (κ1) is 14.0. The van der Waals surface area contributed by atoms with E-state index in [0.29, 0.717) is 31.6 Å². The van der Waals surface area contributed by atoms with Crippen LogP contribution in [0.25, 0.3) is 0 Å². The zero-order valence-electron chi connectivity index (χ0n) is 11.3. The van der Waals surface area contributed by atoms with Crippen LogP contribution in [0.2, 0.25) is 0 Å². The fraction of sp³-hybridized carbons (Fsp3) is 0.357. The van der Waals surface area contributed by atoms with Gasteiger partial charge in [-0.05, 0) is 24.6 Å². The number of halogens is 1. The summed E-state index contributed by atoms with van der Waals surface area (Å²) >= 11 is 3.37. The van der Waals surface area contributed by atoms with Crippen LogP contribution in [0.5, 0.6) is 0 Å². The number of anilines is 1. The molecule has 0 saturated carbocycles. The van der Waals surface area contributed by atoms with Crippen molar-refractivity contribution >= 4 is 21.6 Å². The minimum absolute atomic E-state index is 0.405. The molecule has 1 aliphatic rings. The summed E-state index contributed by atoms with van der Waals surface area (Å²) < 4.78 is 2.51. The summed E-state index contributed by atoms with van der Waals surface area (Å²) in [5.41, 5.74) is 0.609. The second-order valence-corrected chi connectivity index (χ2v) is 6.19. The lowest BCUT2D eigenvalue weighted by atomic mass is 10.0. The molecule has 0 spiro atoms. The number of aliphatic hydroxyl groups is 1. The maximum atomic E-state index is 10.7. The van der Waals surface area contributed by atoms with Crippen molar-refractivity contribution in [1.29, 1.82) is 5.26 Å². The number of nitriles is 1. The molecule has 0 bridgehead atoms. The minimum Gasteiger partial charge on any atom is -0.386 e. The lowest BCUT2D eigenvalue weighted by Crippen LogP contribution is -2.38. The summed E-state index contributed by atoms with van der Waals surface area (Å²) in [6.45, 7) is 1.59. The van der Waals surface area contributed by atoms with Gasteiger partial charge in [-0.1, -0.05) is 21.1 Å². The van der Waals surface area contributed by atoms with Gasteiger partial charge in [-0.3, -0.25) is 0 Å². The number of hydrogen-bond donors (Lipinski definition) is 1. The lowest BCUT2D eigenvalue weighted by molar-refractivity contribution is 0.0409. The molecule has 1 saturated heterocycles. The summed E-state index contributed by atoms with van der Waals surface area (Å²) in [5.74, 6) is 0. The zero-order valence-corrected chi connectivity index (χ0v) is 12.9. The summed E-state index contributed by atoms with van der Waals surface area (Å²) in [4.78, 5) is 2.04. The average Bonchev–Trinajstić information content (AvgIpc) is 3.09. The number of nitrogens with zero attached hydrogens (tertiary/aromatic N) is 5. The summed E-state index contributed by atoms with van der Waals surface area (Å²) in [5, 5.41) is 27.6. The molecular formula is C14H14BrN5O. The fourth-order valence-corrected chi connectivity index (χ4v) is 3.04. The van der Waals surface area contributed by atoms with Crippen molar-refractivity contribution in [3.05, 3.63) is 40.6 Å². The van der Waals surface area contributed by atoms with Gasteiger partial charge < -0.3 is 10.0 Å². The first-order valence-electron chi connectivity index (χ1n) is 6.61. The molecule has 0 aliphatic carbocycles. The zero-order chi connectivity index (χ0) is 14.9. The maximum Gasteiger partial charge on any atom is 0.103 e. The minimum atomic E-state index is -0.854. The quantitative estimate of drug-likeness (QED) is 0.911. The molecule has 3 rings (SSSR count). The van der Waals surface area contributed by atoms with Gasteiger partial charge in [-0.2, -0.15) is 5.26 Å². The van der Waals surface area contributed by atoms with E-state index in [1.54, 1.807) is 23.1 Å². The number of aromatic nitrogens is 3. The smallest absolute Gasteiger partial charge is 0.103 e. The standard InChI is InChI=1S/C14H14BrN5O/c15-12-1-2-13(11(7-12)8-16)19-5-3-14(21,9-19)10-20-6-4-17-18-20/h1-2,4,6-7,21H,3,5,9-10H2. The molecule has 2 aromatic rings. The molecule has 21 heavy (non-hydrogen) atoms. The second kappa shape index (κ2) is 5.47. The van der Waals surface area contributed by atoms with E-state index < -0.39 is 5.60 Å². The molecule has 108 valence electrons. The van der Waals surface area contributed by atoms with Gasteiger partial charge in [0.15, 0.2) is 0 Å². The van der Waals surface area contributed by atoms with Gasteiger partial charge in [0, 0.05) is 23.8 Å². The van der Waals surface area contributed by atoms with Crippen LogP contribution in [0.1, 0.15) is 12.0 Å². The van der Waals surface area contributed by atoms with Gasteiger partial charge in [0.25, 0.3) is 0 Å². The molecule has 6 nitrogen and oxygen atoms in total. The van der Waals surface area contributed by atoms with Crippen LogP contribution in [0.15, 0.2) is 35.1 Å². The molecule has 1 aromatic carbocycles. The van der Waals surface area contributed by atoms with Gasteiger partial charge in [-0.25, -0.2) is 4.68 Å². The molecule has 2 heterocycles. The lowest BCUT2D eigenvalue weighted by Gasteiger charge is -2.24. The predicted molar refractivity (Wildman–Crippen MR) is 80.7 cm³/mol. The Morgan fingerprint density at radius 2 is 2.33 bits per heavy atom. The largest absolute Gasteiger partial charge is 0.386 e. The molecule has 1 N–H and O–H groups in total. The monoisotopic (exact) mass is 347 g/mol. The molecule has 0 radical (unpaired) electrons. The normalized spacial score (nSPS) is 21.5. The Balaban J connectivity index is 1.79. The van der Waals surface area contributed by atoms with Crippen LogP contribution in [-0.2, 0) is 6.54 Å². The van der Waals surface area contributed by atoms with Gasteiger partial charge in [-0.15, -0.1) is 5.10 Å². The van der Waals surface area contributed by atoms with Crippen LogP contribution in [0.4, 0.5) is 5.69 Å². The number of benzene rings is 1. The van der Waals surface area contributed by atoms with Gasteiger partial charge in [0.2, 0.25) is 0 Å². The molecule has 0 amide bonds. The van der Waals surface area contributed by atoms with E-state index in [2.05, 4.69) is 32.3 Å². The third-order valence-electron chi connectivity index (χ3n) is 3.68. The van der Waals surface area contributed by atoms with E-state index in [1.165, 1.54) is 0 Å². The van der Waals surface area contributed by atoms with Crippen molar-refractivity contribution in [2.24, 2.45) is 0 Å². The summed E-state index contributed by atoms with van der Waals surface area (Å²) in [6, 6.07) is 7.82. The van der Waals surface area contributed by atoms with Crippen molar-refractivity contribution in [2.45, 2.75) is 18.6 Å². The van der Waals surface area contributed by atoms with Crippen LogP contribution >= 0.6 is 15.9 Å². The highest BCUT2D eigenvalue weighted by atomic mass is 79.9. The fourth-order valence-electron chi connectivity index (χ4n) is 2.68. The van der Waals surface area contributed by atoms with Crippen LogP contribution < -0.4 is 4.90 Å². The Morgan fingerprint density at radius 1 is 1.48 bits per heavy atom. The average molecular weight is 348 g/mol.